The molecule has 0 amide bonds. The van der Waals surface area contributed by atoms with Gasteiger partial charge in [-0.05, 0) is 31.4 Å². The Morgan fingerprint density at radius 3 is 2.81 bits per heavy atom. The van der Waals surface area contributed by atoms with Crippen molar-refractivity contribution >= 4 is 5.82 Å². The number of rotatable bonds is 1. The average molecular weight is 213 g/mol. The first-order chi connectivity index (χ1) is 7.81. The molecule has 0 spiro atoms. The van der Waals surface area contributed by atoms with Crippen molar-refractivity contribution in [3.63, 3.8) is 0 Å². The van der Waals surface area contributed by atoms with E-state index >= 15 is 0 Å². The number of anilines is 1. The Morgan fingerprint density at radius 1 is 1.44 bits per heavy atom. The maximum absolute atomic E-state index is 8.59. The van der Waals surface area contributed by atoms with Crippen LogP contribution in [-0.2, 0) is 0 Å². The molecule has 0 N–H and O–H groups in total. The van der Waals surface area contributed by atoms with Crippen LogP contribution in [0.3, 0.4) is 0 Å². The maximum atomic E-state index is 8.59. The van der Waals surface area contributed by atoms with E-state index < -0.39 is 0 Å². The molecule has 3 heteroatoms. The third-order valence-corrected chi connectivity index (χ3v) is 2.96. The molecule has 16 heavy (non-hydrogen) atoms. The highest BCUT2D eigenvalue weighted by atomic mass is 15.2. The number of hydrogen-bond acceptors (Lipinski definition) is 3. The van der Waals surface area contributed by atoms with Gasteiger partial charge in [0.25, 0.3) is 0 Å². The topological polar surface area (TPSA) is 39.9 Å². The summed E-state index contributed by atoms with van der Waals surface area (Å²) in [4.78, 5) is 6.71. The molecule has 0 radical (unpaired) electrons. The lowest BCUT2D eigenvalue weighted by Gasteiger charge is -2.30. The number of nitriles is 1. The molecule has 3 nitrogen and oxygen atoms in total. The summed E-state index contributed by atoms with van der Waals surface area (Å²) < 4.78 is 0. The zero-order valence-electron chi connectivity index (χ0n) is 9.48. The van der Waals surface area contributed by atoms with Crippen molar-refractivity contribution in [1.29, 1.82) is 5.26 Å². The fourth-order valence-electron chi connectivity index (χ4n) is 2.05. The summed E-state index contributed by atoms with van der Waals surface area (Å²) in [6.07, 6.45) is 5.47. The van der Waals surface area contributed by atoms with E-state index in [4.69, 9.17) is 5.26 Å². The molecule has 0 bridgehead atoms. The zero-order chi connectivity index (χ0) is 11.4. The quantitative estimate of drug-likeness (QED) is 0.673. The van der Waals surface area contributed by atoms with Crippen LogP contribution < -0.4 is 4.90 Å². The van der Waals surface area contributed by atoms with Crippen LogP contribution in [0.4, 0.5) is 5.82 Å². The minimum atomic E-state index is 0.964. The van der Waals surface area contributed by atoms with Crippen LogP contribution in [0.2, 0.25) is 0 Å². The SMILES string of the molecule is Cc1cccnc1N1CCC(=CC#N)CC1. The summed E-state index contributed by atoms with van der Waals surface area (Å²) >= 11 is 0. The standard InChI is InChI=1S/C13H15N3/c1-11-3-2-8-15-13(11)16-9-5-12(4-7-14)6-10-16/h2-4,8H,5-6,9-10H2,1H3. The molecule has 0 saturated carbocycles. The number of aryl methyl sites for hydroxylation is 1. The lowest BCUT2D eigenvalue weighted by molar-refractivity contribution is 0.675. The largest absolute Gasteiger partial charge is 0.356 e. The van der Waals surface area contributed by atoms with Crippen LogP contribution in [0.5, 0.6) is 0 Å². The van der Waals surface area contributed by atoms with Crippen LogP contribution in [0.15, 0.2) is 30.0 Å². The van der Waals surface area contributed by atoms with Crippen LogP contribution in [-0.4, -0.2) is 18.1 Å². The van der Waals surface area contributed by atoms with E-state index in [0.717, 1.165) is 31.7 Å². The molecule has 2 heterocycles. The van der Waals surface area contributed by atoms with Gasteiger partial charge in [0.05, 0.1) is 6.07 Å². The van der Waals surface area contributed by atoms with Crippen LogP contribution >= 0.6 is 0 Å². The zero-order valence-corrected chi connectivity index (χ0v) is 9.48. The Bertz CT molecular complexity index is 433. The first-order valence-corrected chi connectivity index (χ1v) is 5.55. The van der Waals surface area contributed by atoms with Crippen LogP contribution in [0.25, 0.3) is 0 Å². The summed E-state index contributed by atoms with van der Waals surface area (Å²) in [7, 11) is 0. The van der Waals surface area contributed by atoms with Crippen LogP contribution in [0, 0.1) is 18.3 Å². The molecule has 2 rings (SSSR count). The molecule has 82 valence electrons. The second kappa shape index (κ2) is 4.80. The van der Waals surface area contributed by atoms with Crippen molar-refractivity contribution in [2.45, 2.75) is 19.8 Å². The van der Waals surface area contributed by atoms with Gasteiger partial charge in [-0.2, -0.15) is 5.26 Å². The van der Waals surface area contributed by atoms with E-state index in [1.165, 1.54) is 11.1 Å². The Kier molecular flexibility index (Phi) is 3.21. The predicted molar refractivity (Wildman–Crippen MR) is 64.1 cm³/mol. The van der Waals surface area contributed by atoms with Crippen molar-refractivity contribution < 1.29 is 0 Å². The van der Waals surface area contributed by atoms with Gasteiger partial charge in [0.1, 0.15) is 5.82 Å². The third kappa shape index (κ3) is 2.22. The van der Waals surface area contributed by atoms with Gasteiger partial charge in [-0.25, -0.2) is 4.98 Å². The molecule has 0 aromatic carbocycles. The molecular formula is C13H15N3. The predicted octanol–water partition coefficient (Wildman–Crippen LogP) is 2.44. The molecule has 0 atom stereocenters. The van der Waals surface area contributed by atoms with Gasteiger partial charge in [0.2, 0.25) is 0 Å². The Morgan fingerprint density at radius 2 is 2.19 bits per heavy atom. The first-order valence-electron chi connectivity index (χ1n) is 5.55. The van der Waals surface area contributed by atoms with Crippen molar-refractivity contribution in [1.82, 2.24) is 4.98 Å². The molecule has 1 aliphatic rings. The van der Waals surface area contributed by atoms with Crippen LogP contribution in [0.1, 0.15) is 18.4 Å². The number of aromatic nitrogens is 1. The Balaban J connectivity index is 2.08. The van der Waals surface area contributed by atoms with E-state index in [2.05, 4.69) is 28.9 Å². The Labute approximate surface area is 96.0 Å². The molecule has 1 aliphatic heterocycles. The van der Waals surface area contributed by atoms with Gasteiger partial charge in [0.15, 0.2) is 0 Å². The minimum absolute atomic E-state index is 0.964. The third-order valence-electron chi connectivity index (χ3n) is 2.96. The summed E-state index contributed by atoms with van der Waals surface area (Å²) in [6, 6.07) is 6.16. The molecule has 1 saturated heterocycles. The number of pyridine rings is 1. The normalized spacial score (nSPS) is 15.8. The minimum Gasteiger partial charge on any atom is -0.356 e. The fraction of sp³-hybridized carbons (Fsp3) is 0.385. The monoisotopic (exact) mass is 213 g/mol. The maximum Gasteiger partial charge on any atom is 0.131 e. The number of piperidine rings is 1. The molecular weight excluding hydrogens is 198 g/mol. The van der Waals surface area contributed by atoms with Gasteiger partial charge in [-0.3, -0.25) is 0 Å². The van der Waals surface area contributed by atoms with Gasteiger partial charge < -0.3 is 4.90 Å². The van der Waals surface area contributed by atoms with E-state index in [1.54, 1.807) is 6.08 Å². The molecule has 1 aromatic heterocycles. The van der Waals surface area contributed by atoms with E-state index in [9.17, 15) is 0 Å². The number of nitrogens with zero attached hydrogens (tertiary/aromatic N) is 3. The number of allylic oxidation sites excluding steroid dienone is 1. The average Bonchev–Trinajstić information content (AvgIpc) is 2.31. The highest BCUT2D eigenvalue weighted by molar-refractivity contribution is 5.47. The van der Waals surface area contributed by atoms with Gasteiger partial charge in [0, 0.05) is 25.4 Å². The van der Waals surface area contributed by atoms with E-state index in [-0.39, 0.29) is 0 Å². The summed E-state index contributed by atoms with van der Waals surface area (Å²) in [5.74, 6) is 1.08. The second-order valence-electron chi connectivity index (χ2n) is 4.06. The van der Waals surface area contributed by atoms with Crippen molar-refractivity contribution in [3.8, 4) is 6.07 Å². The molecule has 0 aliphatic carbocycles. The molecule has 1 fully saturated rings. The smallest absolute Gasteiger partial charge is 0.131 e. The summed E-state index contributed by atoms with van der Waals surface area (Å²) in [5, 5.41) is 8.59. The van der Waals surface area contributed by atoms with Gasteiger partial charge in [-0.1, -0.05) is 11.6 Å². The first kappa shape index (κ1) is 10.7. The molecule has 1 aromatic rings. The summed E-state index contributed by atoms with van der Waals surface area (Å²) in [5.41, 5.74) is 2.47. The van der Waals surface area contributed by atoms with Crippen molar-refractivity contribution in [2.24, 2.45) is 0 Å². The van der Waals surface area contributed by atoms with Crippen molar-refractivity contribution in [3.05, 3.63) is 35.5 Å². The second-order valence-corrected chi connectivity index (χ2v) is 4.06. The number of hydrogen-bond donors (Lipinski definition) is 0. The Hall–Kier alpha value is -1.82. The fourth-order valence-corrected chi connectivity index (χ4v) is 2.05. The lowest BCUT2D eigenvalue weighted by atomic mass is 10.0. The highest BCUT2D eigenvalue weighted by Gasteiger charge is 2.16. The molecule has 0 unspecified atom stereocenters. The van der Waals surface area contributed by atoms with Crippen molar-refractivity contribution in [2.75, 3.05) is 18.0 Å². The summed E-state index contributed by atoms with van der Waals surface area (Å²) in [6.45, 7) is 4.01. The highest BCUT2D eigenvalue weighted by Crippen LogP contribution is 2.23. The van der Waals surface area contributed by atoms with Gasteiger partial charge >= 0.3 is 0 Å². The van der Waals surface area contributed by atoms with E-state index in [1.807, 2.05) is 12.3 Å². The van der Waals surface area contributed by atoms with Gasteiger partial charge in [-0.15, -0.1) is 0 Å². The lowest BCUT2D eigenvalue weighted by Crippen LogP contribution is -2.31. The van der Waals surface area contributed by atoms with E-state index in [0.29, 0.717) is 0 Å².